The van der Waals surface area contributed by atoms with Gasteiger partial charge in [0.05, 0.1) is 11.9 Å². The number of hydrogen-bond acceptors (Lipinski definition) is 5. The van der Waals surface area contributed by atoms with Gasteiger partial charge in [0.15, 0.2) is 0 Å². The van der Waals surface area contributed by atoms with E-state index in [1.165, 1.54) is 12.1 Å². The van der Waals surface area contributed by atoms with Crippen LogP contribution in [0.1, 0.15) is 12.5 Å². The molecule has 1 aromatic heterocycles. The molecule has 0 aliphatic carbocycles. The molecule has 1 aromatic carbocycles. The van der Waals surface area contributed by atoms with Crippen LogP contribution in [0.15, 0.2) is 52.8 Å². The fourth-order valence-electron chi connectivity index (χ4n) is 1.62. The number of nitrogens with one attached hydrogen (secondary N) is 1. The van der Waals surface area contributed by atoms with Crippen LogP contribution in [0.3, 0.4) is 0 Å². The highest BCUT2D eigenvalue weighted by atomic mass is 32.2. The molecule has 0 aliphatic rings. The summed E-state index contributed by atoms with van der Waals surface area (Å²) >= 11 is 0. The number of halogens is 1. The maximum absolute atomic E-state index is 13.1. The van der Waals surface area contributed by atoms with Crippen molar-refractivity contribution in [2.75, 3.05) is 4.72 Å². The van der Waals surface area contributed by atoms with Crippen molar-refractivity contribution in [2.45, 2.75) is 11.8 Å². The topological polar surface area (TPSA) is 91.7 Å². The van der Waals surface area contributed by atoms with Crippen molar-refractivity contribution in [1.82, 2.24) is 4.98 Å². The van der Waals surface area contributed by atoms with Crippen LogP contribution >= 0.6 is 0 Å². The zero-order chi connectivity index (χ0) is 15.5. The number of rotatable bonds is 4. The number of pyridine rings is 1. The maximum atomic E-state index is 13.1. The van der Waals surface area contributed by atoms with Crippen molar-refractivity contribution in [2.24, 2.45) is 5.16 Å². The van der Waals surface area contributed by atoms with E-state index < -0.39 is 15.8 Å². The van der Waals surface area contributed by atoms with Crippen LogP contribution in [-0.2, 0) is 10.0 Å². The van der Waals surface area contributed by atoms with Crippen molar-refractivity contribution in [1.29, 1.82) is 0 Å². The molecular formula is C13H12FN3O3S. The summed E-state index contributed by atoms with van der Waals surface area (Å²) in [5.41, 5.74) is 1.15. The van der Waals surface area contributed by atoms with Crippen molar-refractivity contribution >= 4 is 21.4 Å². The highest BCUT2D eigenvalue weighted by Crippen LogP contribution is 2.17. The Balaban J connectivity index is 2.33. The van der Waals surface area contributed by atoms with E-state index in [0.29, 0.717) is 11.3 Å². The van der Waals surface area contributed by atoms with E-state index in [2.05, 4.69) is 14.9 Å². The van der Waals surface area contributed by atoms with Gasteiger partial charge in [-0.2, -0.15) is 0 Å². The number of anilines is 1. The van der Waals surface area contributed by atoms with Gasteiger partial charge < -0.3 is 5.21 Å². The van der Waals surface area contributed by atoms with Gasteiger partial charge in [-0.15, -0.1) is 0 Å². The van der Waals surface area contributed by atoms with Gasteiger partial charge in [0.2, 0.25) is 0 Å². The molecule has 0 unspecified atom stereocenters. The normalized spacial score (nSPS) is 12.2. The second-order valence-electron chi connectivity index (χ2n) is 4.21. The molecule has 8 heteroatoms. The van der Waals surface area contributed by atoms with E-state index in [-0.39, 0.29) is 10.6 Å². The van der Waals surface area contributed by atoms with E-state index in [1.54, 1.807) is 19.1 Å². The van der Waals surface area contributed by atoms with Crippen LogP contribution in [0.5, 0.6) is 0 Å². The lowest BCUT2D eigenvalue weighted by Crippen LogP contribution is -2.13. The molecular weight excluding hydrogens is 297 g/mol. The number of benzene rings is 1. The monoisotopic (exact) mass is 309 g/mol. The van der Waals surface area contributed by atoms with E-state index >= 15 is 0 Å². The van der Waals surface area contributed by atoms with Crippen molar-refractivity contribution in [3.8, 4) is 0 Å². The van der Waals surface area contributed by atoms with Crippen LogP contribution in [0.4, 0.5) is 10.1 Å². The average molecular weight is 309 g/mol. The molecule has 6 nitrogen and oxygen atoms in total. The van der Waals surface area contributed by atoms with E-state index in [4.69, 9.17) is 5.21 Å². The van der Waals surface area contributed by atoms with Gasteiger partial charge in [-0.05, 0) is 25.1 Å². The summed E-state index contributed by atoms with van der Waals surface area (Å²) in [6.45, 7) is 1.57. The third kappa shape index (κ3) is 3.54. The van der Waals surface area contributed by atoms with Crippen LogP contribution in [0.25, 0.3) is 0 Å². The van der Waals surface area contributed by atoms with Crippen molar-refractivity contribution in [3.05, 3.63) is 54.1 Å². The van der Waals surface area contributed by atoms with E-state index in [9.17, 15) is 12.8 Å². The molecule has 110 valence electrons. The molecule has 0 aliphatic heterocycles. The van der Waals surface area contributed by atoms with Crippen LogP contribution in [0.2, 0.25) is 0 Å². The highest BCUT2D eigenvalue weighted by Gasteiger charge is 2.15. The molecule has 2 aromatic rings. The Kier molecular flexibility index (Phi) is 4.18. The minimum atomic E-state index is -3.94. The SMILES string of the molecule is CC(=NO)c1cccc(NS(=O)(=O)c2cncc(F)c2)c1. The second-order valence-corrected chi connectivity index (χ2v) is 5.89. The molecule has 1 heterocycles. The number of hydrogen-bond donors (Lipinski definition) is 2. The smallest absolute Gasteiger partial charge is 0.263 e. The highest BCUT2D eigenvalue weighted by molar-refractivity contribution is 7.92. The minimum absolute atomic E-state index is 0.264. The van der Waals surface area contributed by atoms with Gasteiger partial charge in [0.25, 0.3) is 10.0 Å². The summed E-state index contributed by atoms with van der Waals surface area (Å²) < 4.78 is 39.6. The number of nitrogens with zero attached hydrogens (tertiary/aromatic N) is 2. The van der Waals surface area contributed by atoms with Gasteiger partial charge in [-0.3, -0.25) is 9.71 Å². The molecule has 0 saturated carbocycles. The Bertz CT molecular complexity index is 791. The Morgan fingerprint density at radius 1 is 1.33 bits per heavy atom. The Morgan fingerprint density at radius 2 is 2.10 bits per heavy atom. The first-order chi connectivity index (χ1) is 9.92. The van der Waals surface area contributed by atoms with E-state index in [0.717, 1.165) is 18.5 Å². The van der Waals surface area contributed by atoms with Crippen molar-refractivity contribution in [3.63, 3.8) is 0 Å². The molecule has 21 heavy (non-hydrogen) atoms. The van der Waals surface area contributed by atoms with Gasteiger partial charge in [-0.25, -0.2) is 12.8 Å². The zero-order valence-corrected chi connectivity index (χ0v) is 11.8. The van der Waals surface area contributed by atoms with Gasteiger partial charge in [-0.1, -0.05) is 17.3 Å². The van der Waals surface area contributed by atoms with Gasteiger partial charge in [0, 0.05) is 17.4 Å². The molecule has 2 rings (SSSR count). The summed E-state index contributed by atoms with van der Waals surface area (Å²) in [5, 5.41) is 11.8. The number of sulfonamides is 1. The standard InChI is InChI=1S/C13H12FN3O3S/c1-9(16-18)10-3-2-4-12(5-10)17-21(19,20)13-6-11(14)7-15-8-13/h2-8,17-18H,1H3. The Hall–Kier alpha value is -2.48. The van der Waals surface area contributed by atoms with E-state index in [1.807, 2.05) is 0 Å². The third-order valence-electron chi connectivity index (χ3n) is 2.67. The first-order valence-corrected chi connectivity index (χ1v) is 7.33. The molecule has 0 amide bonds. The largest absolute Gasteiger partial charge is 0.411 e. The average Bonchev–Trinajstić information content (AvgIpc) is 2.46. The number of oxime groups is 1. The predicted octanol–water partition coefficient (Wildman–Crippen LogP) is 2.22. The molecule has 0 bridgehead atoms. The minimum Gasteiger partial charge on any atom is -0.411 e. The van der Waals surface area contributed by atoms with Gasteiger partial charge in [0.1, 0.15) is 10.7 Å². The molecule has 0 spiro atoms. The Labute approximate surface area is 121 Å². The second kappa shape index (κ2) is 5.88. The summed E-state index contributed by atoms with van der Waals surface area (Å²) in [7, 11) is -3.94. The molecule has 2 N–H and O–H groups in total. The maximum Gasteiger partial charge on any atom is 0.263 e. The zero-order valence-electron chi connectivity index (χ0n) is 11.0. The van der Waals surface area contributed by atoms with Crippen molar-refractivity contribution < 1.29 is 18.0 Å². The number of aromatic nitrogens is 1. The third-order valence-corrected chi connectivity index (χ3v) is 4.02. The first kappa shape index (κ1) is 14.9. The van der Waals surface area contributed by atoms with Crippen LogP contribution < -0.4 is 4.72 Å². The molecule has 0 radical (unpaired) electrons. The quantitative estimate of drug-likeness (QED) is 0.514. The summed E-state index contributed by atoms with van der Waals surface area (Å²) in [4.78, 5) is 3.23. The fraction of sp³-hybridized carbons (Fsp3) is 0.0769. The first-order valence-electron chi connectivity index (χ1n) is 5.85. The lowest BCUT2D eigenvalue weighted by atomic mass is 10.1. The van der Waals surface area contributed by atoms with Gasteiger partial charge >= 0.3 is 0 Å². The van der Waals surface area contributed by atoms with Crippen LogP contribution in [0, 0.1) is 5.82 Å². The molecule has 0 fully saturated rings. The fourth-order valence-corrected chi connectivity index (χ4v) is 2.64. The summed E-state index contributed by atoms with van der Waals surface area (Å²) in [6.07, 6.45) is 1.97. The summed E-state index contributed by atoms with van der Waals surface area (Å²) in [6, 6.07) is 7.17. The predicted molar refractivity (Wildman–Crippen MR) is 75.4 cm³/mol. The molecule has 0 atom stereocenters. The Morgan fingerprint density at radius 3 is 2.76 bits per heavy atom. The lowest BCUT2D eigenvalue weighted by molar-refractivity contribution is 0.319. The lowest BCUT2D eigenvalue weighted by Gasteiger charge is -2.09. The molecule has 0 saturated heterocycles. The summed E-state index contributed by atoms with van der Waals surface area (Å²) in [5.74, 6) is -0.741. The van der Waals surface area contributed by atoms with Crippen LogP contribution in [-0.4, -0.2) is 24.3 Å².